The fourth-order valence-corrected chi connectivity index (χ4v) is 1.66. The van der Waals surface area contributed by atoms with Gasteiger partial charge in [-0.25, -0.2) is 0 Å². The highest BCUT2D eigenvalue weighted by Crippen LogP contribution is 2.35. The van der Waals surface area contributed by atoms with Crippen LogP contribution in [-0.2, 0) is 4.74 Å². The van der Waals surface area contributed by atoms with Crippen LogP contribution in [0, 0.1) is 0 Å². The van der Waals surface area contributed by atoms with Crippen molar-refractivity contribution in [3.05, 3.63) is 35.3 Å². The van der Waals surface area contributed by atoms with Crippen LogP contribution in [0.3, 0.4) is 0 Å². The molecule has 2 aliphatic rings. The smallest absolute Gasteiger partial charge is 0.128 e. The lowest BCUT2D eigenvalue weighted by Gasteiger charge is -2.08. The zero-order chi connectivity index (χ0) is 7.68. The summed E-state index contributed by atoms with van der Waals surface area (Å²) < 4.78 is 5.44. The average Bonchev–Trinajstić information content (AvgIpc) is 2.47. The summed E-state index contributed by atoms with van der Waals surface area (Å²) in [7, 11) is 0. The molecule has 1 heterocycles. The van der Waals surface area contributed by atoms with E-state index in [9.17, 15) is 0 Å². The topological polar surface area (TPSA) is 9.23 Å². The van der Waals surface area contributed by atoms with E-state index in [0.29, 0.717) is 0 Å². The fourth-order valence-electron chi connectivity index (χ4n) is 1.66. The Morgan fingerprint density at radius 3 is 3.18 bits per heavy atom. The summed E-state index contributed by atoms with van der Waals surface area (Å²) >= 11 is 0. The average molecular weight is 148 g/mol. The Kier molecular flexibility index (Phi) is 1.57. The second-order valence-corrected chi connectivity index (χ2v) is 2.92. The van der Waals surface area contributed by atoms with Crippen LogP contribution in [0.2, 0.25) is 0 Å². The maximum atomic E-state index is 5.44. The van der Waals surface area contributed by atoms with Crippen LogP contribution >= 0.6 is 0 Å². The van der Waals surface area contributed by atoms with Crippen molar-refractivity contribution < 1.29 is 4.74 Å². The van der Waals surface area contributed by atoms with Gasteiger partial charge in [0.15, 0.2) is 0 Å². The SMILES string of the molecule is CCC1=C2OC=CC=C2CC1. The summed E-state index contributed by atoms with van der Waals surface area (Å²) in [4.78, 5) is 0. The van der Waals surface area contributed by atoms with E-state index in [2.05, 4.69) is 13.0 Å². The van der Waals surface area contributed by atoms with Crippen LogP contribution in [0.15, 0.2) is 35.3 Å². The predicted octanol–water partition coefficient (Wildman–Crippen LogP) is 2.91. The van der Waals surface area contributed by atoms with Gasteiger partial charge in [-0.05, 0) is 36.5 Å². The molecule has 0 N–H and O–H groups in total. The third-order valence-electron chi connectivity index (χ3n) is 2.30. The van der Waals surface area contributed by atoms with Crippen molar-refractivity contribution in [1.82, 2.24) is 0 Å². The van der Waals surface area contributed by atoms with Crippen molar-refractivity contribution in [2.75, 3.05) is 0 Å². The molecule has 0 fully saturated rings. The van der Waals surface area contributed by atoms with Crippen molar-refractivity contribution in [3.8, 4) is 0 Å². The van der Waals surface area contributed by atoms with E-state index in [1.165, 1.54) is 24.0 Å². The van der Waals surface area contributed by atoms with Gasteiger partial charge in [-0.1, -0.05) is 13.0 Å². The molecular formula is C10H12O. The molecule has 1 aliphatic carbocycles. The quantitative estimate of drug-likeness (QED) is 0.555. The van der Waals surface area contributed by atoms with E-state index in [-0.39, 0.29) is 0 Å². The molecule has 0 aromatic heterocycles. The van der Waals surface area contributed by atoms with Crippen LogP contribution < -0.4 is 0 Å². The summed E-state index contributed by atoms with van der Waals surface area (Å²) in [5, 5.41) is 0. The highest BCUT2D eigenvalue weighted by molar-refractivity contribution is 5.41. The first-order valence-corrected chi connectivity index (χ1v) is 4.16. The molecule has 1 heteroatoms. The molecule has 0 bridgehead atoms. The molecule has 0 saturated carbocycles. The maximum absolute atomic E-state index is 5.44. The summed E-state index contributed by atoms with van der Waals surface area (Å²) in [6, 6.07) is 0. The Balaban J connectivity index is 2.35. The lowest BCUT2D eigenvalue weighted by Crippen LogP contribution is -1.91. The molecule has 0 aromatic rings. The van der Waals surface area contributed by atoms with E-state index in [1.54, 1.807) is 6.26 Å². The Morgan fingerprint density at radius 2 is 2.36 bits per heavy atom. The first-order chi connectivity index (χ1) is 5.42. The van der Waals surface area contributed by atoms with Crippen molar-refractivity contribution >= 4 is 0 Å². The van der Waals surface area contributed by atoms with Gasteiger partial charge in [0.1, 0.15) is 5.76 Å². The van der Waals surface area contributed by atoms with Gasteiger partial charge in [0, 0.05) is 0 Å². The molecule has 0 atom stereocenters. The molecule has 0 radical (unpaired) electrons. The van der Waals surface area contributed by atoms with Crippen molar-refractivity contribution in [1.29, 1.82) is 0 Å². The van der Waals surface area contributed by atoms with Crippen LogP contribution in [0.5, 0.6) is 0 Å². The van der Waals surface area contributed by atoms with Gasteiger partial charge >= 0.3 is 0 Å². The van der Waals surface area contributed by atoms with Crippen LogP contribution in [-0.4, -0.2) is 0 Å². The number of fused-ring (bicyclic) bond motifs is 1. The van der Waals surface area contributed by atoms with E-state index in [0.717, 1.165) is 12.2 Å². The highest BCUT2D eigenvalue weighted by Gasteiger charge is 2.20. The monoisotopic (exact) mass is 148 g/mol. The number of allylic oxidation sites excluding steroid dienone is 4. The first kappa shape index (κ1) is 6.71. The van der Waals surface area contributed by atoms with Gasteiger partial charge in [0.2, 0.25) is 0 Å². The van der Waals surface area contributed by atoms with Gasteiger partial charge in [-0.3, -0.25) is 0 Å². The molecule has 0 saturated heterocycles. The number of hydrogen-bond acceptors (Lipinski definition) is 1. The minimum atomic E-state index is 1.13. The Labute approximate surface area is 67.1 Å². The molecule has 58 valence electrons. The van der Waals surface area contributed by atoms with Crippen molar-refractivity contribution in [3.63, 3.8) is 0 Å². The molecule has 2 rings (SSSR count). The second kappa shape index (κ2) is 2.57. The van der Waals surface area contributed by atoms with Gasteiger partial charge in [-0.15, -0.1) is 0 Å². The number of rotatable bonds is 1. The summed E-state index contributed by atoms with van der Waals surface area (Å²) in [6.45, 7) is 2.19. The van der Waals surface area contributed by atoms with Crippen LogP contribution in [0.4, 0.5) is 0 Å². The molecule has 1 aliphatic heterocycles. The molecule has 0 amide bonds. The zero-order valence-corrected chi connectivity index (χ0v) is 6.76. The lowest BCUT2D eigenvalue weighted by molar-refractivity contribution is 0.354. The largest absolute Gasteiger partial charge is 0.465 e. The zero-order valence-electron chi connectivity index (χ0n) is 6.76. The normalized spacial score (nSPS) is 21.4. The van der Waals surface area contributed by atoms with E-state index >= 15 is 0 Å². The molecule has 1 nitrogen and oxygen atoms in total. The number of ether oxygens (including phenoxy) is 1. The van der Waals surface area contributed by atoms with Crippen LogP contribution in [0.25, 0.3) is 0 Å². The standard InChI is InChI=1S/C10H12O/c1-2-8-5-6-9-4-3-7-11-10(8)9/h3-4,7H,2,5-6H2,1H3. The third kappa shape index (κ3) is 1.01. The summed E-state index contributed by atoms with van der Waals surface area (Å²) in [6.07, 6.45) is 9.38. The highest BCUT2D eigenvalue weighted by atomic mass is 16.5. The summed E-state index contributed by atoms with van der Waals surface area (Å²) in [5.74, 6) is 1.15. The fraction of sp³-hybridized carbons (Fsp3) is 0.400. The summed E-state index contributed by atoms with van der Waals surface area (Å²) in [5.41, 5.74) is 2.85. The Morgan fingerprint density at radius 1 is 1.45 bits per heavy atom. The van der Waals surface area contributed by atoms with Gasteiger partial charge < -0.3 is 4.74 Å². The predicted molar refractivity (Wildman–Crippen MR) is 44.9 cm³/mol. The Bertz CT molecular complexity index is 256. The minimum absolute atomic E-state index is 1.13. The molecule has 0 unspecified atom stereocenters. The molecule has 0 spiro atoms. The van der Waals surface area contributed by atoms with E-state index in [4.69, 9.17) is 4.74 Å². The Hall–Kier alpha value is -0.980. The molecule has 0 aromatic carbocycles. The molecule has 11 heavy (non-hydrogen) atoms. The molecular weight excluding hydrogens is 136 g/mol. The van der Waals surface area contributed by atoms with E-state index in [1.807, 2.05) is 6.08 Å². The van der Waals surface area contributed by atoms with Gasteiger partial charge in [0.05, 0.1) is 6.26 Å². The first-order valence-electron chi connectivity index (χ1n) is 4.16. The van der Waals surface area contributed by atoms with Crippen LogP contribution in [0.1, 0.15) is 26.2 Å². The minimum Gasteiger partial charge on any atom is -0.465 e. The van der Waals surface area contributed by atoms with Gasteiger partial charge in [-0.2, -0.15) is 0 Å². The maximum Gasteiger partial charge on any atom is 0.128 e. The van der Waals surface area contributed by atoms with E-state index < -0.39 is 0 Å². The third-order valence-corrected chi connectivity index (χ3v) is 2.30. The van der Waals surface area contributed by atoms with Crippen molar-refractivity contribution in [2.45, 2.75) is 26.2 Å². The van der Waals surface area contributed by atoms with Crippen molar-refractivity contribution in [2.24, 2.45) is 0 Å². The second-order valence-electron chi connectivity index (χ2n) is 2.92. The number of hydrogen-bond donors (Lipinski definition) is 0. The lowest BCUT2D eigenvalue weighted by atomic mass is 10.2. The van der Waals surface area contributed by atoms with Gasteiger partial charge in [0.25, 0.3) is 0 Å².